The number of carbonyl (C=O) groups is 1. The summed E-state index contributed by atoms with van der Waals surface area (Å²) in [6.45, 7) is 3.62. The molecule has 1 aromatic rings. The van der Waals surface area contributed by atoms with Crippen LogP contribution in [0, 0.1) is 0 Å². The predicted molar refractivity (Wildman–Crippen MR) is 61.3 cm³/mol. The van der Waals surface area contributed by atoms with Gasteiger partial charge in [0, 0.05) is 13.2 Å². The normalized spacial score (nSPS) is 10.1. The summed E-state index contributed by atoms with van der Waals surface area (Å²) in [7, 11) is 0. The van der Waals surface area contributed by atoms with Gasteiger partial charge in [0.1, 0.15) is 5.75 Å². The van der Waals surface area contributed by atoms with E-state index in [1.165, 1.54) is 0 Å². The van der Waals surface area contributed by atoms with Gasteiger partial charge in [0.05, 0.1) is 13.0 Å². The fourth-order valence-corrected chi connectivity index (χ4v) is 1.32. The van der Waals surface area contributed by atoms with Gasteiger partial charge in [-0.15, -0.1) is 0 Å². The lowest BCUT2D eigenvalue weighted by Gasteiger charge is -2.05. The standard InChI is InChI=1S/C12H17NO3/c1-2-16-7-6-13-12(15)9-10-4-3-5-11(14)8-10/h3-5,8,14H,2,6-7,9H2,1H3,(H,13,15). The van der Waals surface area contributed by atoms with Crippen molar-refractivity contribution in [2.75, 3.05) is 19.8 Å². The van der Waals surface area contributed by atoms with E-state index in [0.717, 1.165) is 5.56 Å². The lowest BCUT2D eigenvalue weighted by Crippen LogP contribution is -2.28. The summed E-state index contributed by atoms with van der Waals surface area (Å²) in [5.74, 6) is 0.116. The Labute approximate surface area is 95.2 Å². The Kier molecular flexibility index (Phi) is 5.36. The van der Waals surface area contributed by atoms with Gasteiger partial charge < -0.3 is 15.2 Å². The average Bonchev–Trinajstić information content (AvgIpc) is 2.24. The topological polar surface area (TPSA) is 58.6 Å². The first-order valence-electron chi connectivity index (χ1n) is 5.34. The molecule has 0 aliphatic rings. The van der Waals surface area contributed by atoms with E-state index in [1.54, 1.807) is 18.2 Å². The molecule has 0 saturated heterocycles. The van der Waals surface area contributed by atoms with Gasteiger partial charge in [0.2, 0.25) is 5.91 Å². The second kappa shape index (κ2) is 6.85. The molecule has 0 bridgehead atoms. The van der Waals surface area contributed by atoms with Crippen LogP contribution in [0.3, 0.4) is 0 Å². The lowest BCUT2D eigenvalue weighted by atomic mass is 10.1. The Morgan fingerprint density at radius 2 is 2.31 bits per heavy atom. The minimum atomic E-state index is -0.0645. The Hall–Kier alpha value is -1.55. The molecule has 0 aliphatic heterocycles. The summed E-state index contributed by atoms with van der Waals surface area (Å²) >= 11 is 0. The van der Waals surface area contributed by atoms with Gasteiger partial charge in [0.25, 0.3) is 0 Å². The summed E-state index contributed by atoms with van der Waals surface area (Å²) in [5.41, 5.74) is 0.800. The Balaban J connectivity index is 2.29. The first-order chi connectivity index (χ1) is 7.72. The van der Waals surface area contributed by atoms with Gasteiger partial charge in [-0.1, -0.05) is 12.1 Å². The zero-order valence-electron chi connectivity index (χ0n) is 9.40. The highest BCUT2D eigenvalue weighted by molar-refractivity contribution is 5.78. The predicted octanol–water partition coefficient (Wildman–Crippen LogP) is 1.09. The quantitative estimate of drug-likeness (QED) is 0.710. The summed E-state index contributed by atoms with van der Waals surface area (Å²) in [6.07, 6.45) is 0.278. The molecule has 1 aromatic carbocycles. The average molecular weight is 223 g/mol. The molecule has 0 spiro atoms. The maximum atomic E-state index is 11.4. The molecule has 16 heavy (non-hydrogen) atoms. The minimum Gasteiger partial charge on any atom is -0.508 e. The smallest absolute Gasteiger partial charge is 0.224 e. The zero-order valence-corrected chi connectivity index (χ0v) is 9.40. The fourth-order valence-electron chi connectivity index (χ4n) is 1.32. The van der Waals surface area contributed by atoms with Crippen LogP contribution in [0.15, 0.2) is 24.3 Å². The number of phenolic OH excluding ortho intramolecular Hbond substituents is 1. The van der Waals surface area contributed by atoms with E-state index >= 15 is 0 Å². The number of benzene rings is 1. The van der Waals surface area contributed by atoms with Crippen molar-refractivity contribution in [3.63, 3.8) is 0 Å². The van der Waals surface area contributed by atoms with Crippen LogP contribution in [-0.2, 0) is 16.0 Å². The third-order valence-corrected chi connectivity index (χ3v) is 2.05. The van der Waals surface area contributed by atoms with Crippen molar-refractivity contribution >= 4 is 5.91 Å². The summed E-state index contributed by atoms with van der Waals surface area (Å²) < 4.78 is 5.10. The number of ether oxygens (including phenoxy) is 1. The van der Waals surface area contributed by atoms with Gasteiger partial charge in [0.15, 0.2) is 0 Å². The number of amides is 1. The molecular weight excluding hydrogens is 206 g/mol. The van der Waals surface area contributed by atoms with Crippen LogP contribution in [0.1, 0.15) is 12.5 Å². The van der Waals surface area contributed by atoms with E-state index in [9.17, 15) is 9.90 Å². The molecule has 0 radical (unpaired) electrons. The maximum Gasteiger partial charge on any atom is 0.224 e. The number of hydrogen-bond acceptors (Lipinski definition) is 3. The van der Waals surface area contributed by atoms with Crippen LogP contribution in [-0.4, -0.2) is 30.8 Å². The molecule has 0 atom stereocenters. The number of phenols is 1. The van der Waals surface area contributed by atoms with E-state index in [-0.39, 0.29) is 18.1 Å². The molecule has 0 aliphatic carbocycles. The van der Waals surface area contributed by atoms with Gasteiger partial charge in [-0.05, 0) is 24.6 Å². The van der Waals surface area contributed by atoms with Crippen LogP contribution >= 0.6 is 0 Å². The highest BCUT2D eigenvalue weighted by Gasteiger charge is 2.02. The molecule has 0 unspecified atom stereocenters. The molecule has 88 valence electrons. The third kappa shape index (κ3) is 4.79. The van der Waals surface area contributed by atoms with Crippen molar-refractivity contribution in [3.8, 4) is 5.75 Å². The summed E-state index contributed by atoms with van der Waals surface area (Å²) in [6, 6.07) is 6.69. The largest absolute Gasteiger partial charge is 0.508 e. The molecule has 4 nitrogen and oxygen atoms in total. The fraction of sp³-hybridized carbons (Fsp3) is 0.417. The number of nitrogens with one attached hydrogen (secondary N) is 1. The van der Waals surface area contributed by atoms with Crippen molar-refractivity contribution in [1.82, 2.24) is 5.32 Å². The molecule has 0 aromatic heterocycles. The van der Waals surface area contributed by atoms with Crippen LogP contribution in [0.25, 0.3) is 0 Å². The van der Waals surface area contributed by atoms with Crippen LogP contribution in [0.5, 0.6) is 5.75 Å². The molecule has 0 heterocycles. The van der Waals surface area contributed by atoms with Gasteiger partial charge >= 0.3 is 0 Å². The number of carbonyl (C=O) groups excluding carboxylic acids is 1. The number of hydrogen-bond donors (Lipinski definition) is 2. The molecule has 0 fully saturated rings. The molecule has 4 heteroatoms. The highest BCUT2D eigenvalue weighted by Crippen LogP contribution is 2.10. The molecular formula is C12H17NO3. The van der Waals surface area contributed by atoms with Crippen molar-refractivity contribution in [2.45, 2.75) is 13.3 Å². The SMILES string of the molecule is CCOCCNC(=O)Cc1cccc(O)c1. The first-order valence-corrected chi connectivity index (χ1v) is 5.34. The van der Waals surface area contributed by atoms with Crippen LogP contribution < -0.4 is 5.32 Å². The van der Waals surface area contributed by atoms with Crippen LogP contribution in [0.4, 0.5) is 0 Å². The second-order valence-corrected chi connectivity index (χ2v) is 3.39. The van der Waals surface area contributed by atoms with Gasteiger partial charge in [-0.25, -0.2) is 0 Å². The maximum absolute atomic E-state index is 11.4. The van der Waals surface area contributed by atoms with Gasteiger partial charge in [-0.2, -0.15) is 0 Å². The summed E-state index contributed by atoms with van der Waals surface area (Å²) in [5, 5.41) is 12.0. The van der Waals surface area contributed by atoms with Crippen molar-refractivity contribution in [2.24, 2.45) is 0 Å². The first kappa shape index (κ1) is 12.5. The molecule has 2 N–H and O–H groups in total. The summed E-state index contributed by atoms with van der Waals surface area (Å²) in [4.78, 5) is 11.4. The zero-order chi connectivity index (χ0) is 11.8. The second-order valence-electron chi connectivity index (χ2n) is 3.39. The van der Waals surface area contributed by atoms with E-state index in [2.05, 4.69) is 5.32 Å². The molecule has 1 rings (SSSR count). The molecule has 1 amide bonds. The van der Waals surface area contributed by atoms with E-state index in [1.807, 2.05) is 13.0 Å². The van der Waals surface area contributed by atoms with Crippen molar-refractivity contribution in [3.05, 3.63) is 29.8 Å². The molecule has 0 saturated carbocycles. The number of rotatable bonds is 6. The van der Waals surface area contributed by atoms with Gasteiger partial charge in [-0.3, -0.25) is 4.79 Å². The third-order valence-electron chi connectivity index (χ3n) is 2.05. The van der Waals surface area contributed by atoms with Crippen molar-refractivity contribution < 1.29 is 14.6 Å². The van der Waals surface area contributed by atoms with E-state index < -0.39 is 0 Å². The van der Waals surface area contributed by atoms with E-state index in [0.29, 0.717) is 19.8 Å². The number of aromatic hydroxyl groups is 1. The van der Waals surface area contributed by atoms with Crippen LogP contribution in [0.2, 0.25) is 0 Å². The monoisotopic (exact) mass is 223 g/mol. The Bertz CT molecular complexity index is 339. The highest BCUT2D eigenvalue weighted by atomic mass is 16.5. The lowest BCUT2D eigenvalue weighted by molar-refractivity contribution is -0.120. The minimum absolute atomic E-state index is 0.0645. The Morgan fingerprint density at radius 3 is 3.00 bits per heavy atom. The Morgan fingerprint density at radius 1 is 1.50 bits per heavy atom. The van der Waals surface area contributed by atoms with E-state index in [4.69, 9.17) is 4.74 Å². The van der Waals surface area contributed by atoms with Crippen molar-refractivity contribution in [1.29, 1.82) is 0 Å².